The van der Waals surface area contributed by atoms with E-state index in [4.69, 9.17) is 4.74 Å². The Morgan fingerprint density at radius 2 is 1.67 bits per heavy atom. The van der Waals surface area contributed by atoms with Crippen molar-refractivity contribution in [1.29, 1.82) is 0 Å². The fourth-order valence-corrected chi connectivity index (χ4v) is 5.80. The Kier molecular flexibility index (Phi) is 6.77. The van der Waals surface area contributed by atoms with Gasteiger partial charge in [-0.15, -0.1) is 0 Å². The normalized spacial score (nSPS) is 14.9. The summed E-state index contributed by atoms with van der Waals surface area (Å²) >= 11 is 4.63. The largest absolute Gasteiger partial charge is 0.492 e. The summed E-state index contributed by atoms with van der Waals surface area (Å²) in [5.74, 6) is 0.437. The van der Waals surface area contributed by atoms with E-state index in [-0.39, 0.29) is 24.3 Å². The van der Waals surface area contributed by atoms with Gasteiger partial charge in [0.1, 0.15) is 12.4 Å². The molecule has 1 aliphatic rings. The van der Waals surface area contributed by atoms with Crippen LogP contribution in [0, 0.1) is 20.8 Å². The van der Waals surface area contributed by atoms with Crippen molar-refractivity contribution >= 4 is 55.7 Å². The van der Waals surface area contributed by atoms with E-state index >= 15 is 0 Å². The molecule has 0 spiro atoms. The third-order valence-electron chi connectivity index (χ3n) is 6.32. The molecule has 0 aliphatic carbocycles. The SMILES string of the molecule is Cc1ccc(OCCN2C(=O)S/C(=C\c3cc(C)n(-c4ccc(Br)c5ccccc45)c3C)C2=O)cc1. The number of thioether (sulfide) groups is 1. The predicted molar refractivity (Wildman–Crippen MR) is 150 cm³/mol. The molecule has 7 heteroatoms. The highest BCUT2D eigenvalue weighted by molar-refractivity contribution is 9.10. The van der Waals surface area contributed by atoms with Gasteiger partial charge in [0.15, 0.2) is 0 Å². The standard InChI is InChI=1S/C29H25BrN2O3S/c1-18-8-10-22(11-9-18)35-15-14-31-28(33)27(36-29(31)34)17-21-16-19(2)32(20(21)3)26-13-12-25(30)23-6-4-5-7-24(23)26/h4-13,16-17H,14-15H2,1-3H3/b27-17-. The number of ether oxygens (including phenoxy) is 1. The lowest BCUT2D eigenvalue weighted by molar-refractivity contribution is -0.123. The Hall–Kier alpha value is -3.29. The first-order chi connectivity index (χ1) is 17.3. The van der Waals surface area contributed by atoms with E-state index in [0.717, 1.165) is 61.0 Å². The maximum Gasteiger partial charge on any atom is 0.293 e. The van der Waals surface area contributed by atoms with Crippen LogP contribution in [0.4, 0.5) is 4.79 Å². The summed E-state index contributed by atoms with van der Waals surface area (Å²) in [6, 6.07) is 22.2. The maximum absolute atomic E-state index is 13.0. The molecule has 2 amide bonds. The lowest BCUT2D eigenvalue weighted by atomic mass is 10.1. The molecule has 0 radical (unpaired) electrons. The number of rotatable bonds is 6. The van der Waals surface area contributed by atoms with E-state index in [1.54, 1.807) is 0 Å². The average molecular weight is 562 g/mol. The van der Waals surface area contributed by atoms with Crippen LogP contribution in [0.15, 0.2) is 76.1 Å². The fraction of sp³-hybridized carbons (Fsp3) is 0.172. The van der Waals surface area contributed by atoms with Crippen LogP contribution in [0.3, 0.4) is 0 Å². The highest BCUT2D eigenvalue weighted by atomic mass is 79.9. The van der Waals surface area contributed by atoms with Crippen molar-refractivity contribution in [2.24, 2.45) is 0 Å². The van der Waals surface area contributed by atoms with Crippen molar-refractivity contribution in [2.45, 2.75) is 20.8 Å². The lowest BCUT2D eigenvalue weighted by Crippen LogP contribution is -2.32. The van der Waals surface area contributed by atoms with Gasteiger partial charge in [-0.05, 0) is 79.9 Å². The minimum Gasteiger partial charge on any atom is -0.492 e. The Morgan fingerprint density at radius 1 is 0.944 bits per heavy atom. The molecule has 1 aromatic heterocycles. The zero-order valence-corrected chi connectivity index (χ0v) is 22.7. The highest BCUT2D eigenvalue weighted by Crippen LogP contribution is 2.35. The summed E-state index contributed by atoms with van der Waals surface area (Å²) in [5.41, 5.74) is 5.20. The van der Waals surface area contributed by atoms with Gasteiger partial charge in [0.2, 0.25) is 0 Å². The molecule has 1 aliphatic heterocycles. The van der Waals surface area contributed by atoms with Crippen LogP contribution in [0.5, 0.6) is 5.75 Å². The number of fused-ring (bicyclic) bond motifs is 1. The lowest BCUT2D eigenvalue weighted by Gasteiger charge is -2.14. The minimum absolute atomic E-state index is 0.208. The van der Waals surface area contributed by atoms with Crippen LogP contribution in [0.25, 0.3) is 22.5 Å². The van der Waals surface area contributed by atoms with Gasteiger partial charge in [0.25, 0.3) is 11.1 Å². The van der Waals surface area contributed by atoms with Crippen LogP contribution < -0.4 is 4.74 Å². The Labute approximate surface area is 222 Å². The summed E-state index contributed by atoms with van der Waals surface area (Å²) < 4.78 is 8.96. The number of benzene rings is 3. The molecule has 0 bridgehead atoms. The first kappa shape index (κ1) is 24.4. The highest BCUT2D eigenvalue weighted by Gasteiger charge is 2.35. The monoisotopic (exact) mass is 560 g/mol. The van der Waals surface area contributed by atoms with Gasteiger partial charge in [-0.1, -0.05) is 57.9 Å². The number of aryl methyl sites for hydroxylation is 2. The number of hydrogen-bond acceptors (Lipinski definition) is 4. The molecular formula is C29H25BrN2O3S. The maximum atomic E-state index is 13.0. The van der Waals surface area contributed by atoms with E-state index in [2.05, 4.69) is 57.8 Å². The molecule has 3 aromatic carbocycles. The minimum atomic E-state index is -0.281. The van der Waals surface area contributed by atoms with Gasteiger partial charge in [-0.2, -0.15) is 0 Å². The van der Waals surface area contributed by atoms with Gasteiger partial charge < -0.3 is 9.30 Å². The first-order valence-electron chi connectivity index (χ1n) is 11.6. The summed E-state index contributed by atoms with van der Waals surface area (Å²) in [7, 11) is 0. The zero-order chi connectivity index (χ0) is 25.4. The van der Waals surface area contributed by atoms with Gasteiger partial charge in [-0.25, -0.2) is 0 Å². The van der Waals surface area contributed by atoms with Crippen molar-refractivity contribution in [3.8, 4) is 11.4 Å². The summed E-state index contributed by atoms with van der Waals surface area (Å²) in [6.07, 6.45) is 1.83. The van der Waals surface area contributed by atoms with Crippen molar-refractivity contribution in [2.75, 3.05) is 13.2 Å². The van der Waals surface area contributed by atoms with Crippen molar-refractivity contribution in [3.05, 3.63) is 98.6 Å². The van der Waals surface area contributed by atoms with Gasteiger partial charge >= 0.3 is 0 Å². The second kappa shape index (κ2) is 9.99. The summed E-state index contributed by atoms with van der Waals surface area (Å²) in [5, 5.41) is 2.00. The van der Waals surface area contributed by atoms with Crippen molar-refractivity contribution < 1.29 is 14.3 Å². The number of imide groups is 1. The Balaban J connectivity index is 1.38. The van der Waals surface area contributed by atoms with Crippen LogP contribution in [0.1, 0.15) is 22.5 Å². The third-order valence-corrected chi connectivity index (χ3v) is 7.92. The summed E-state index contributed by atoms with van der Waals surface area (Å²) in [4.78, 5) is 27.3. The van der Waals surface area contributed by atoms with Gasteiger partial charge in [-0.3, -0.25) is 14.5 Å². The second-order valence-electron chi connectivity index (χ2n) is 8.77. The molecule has 4 aromatic rings. The second-order valence-corrected chi connectivity index (χ2v) is 10.6. The molecule has 0 saturated carbocycles. The van der Waals surface area contributed by atoms with Gasteiger partial charge in [0.05, 0.1) is 17.1 Å². The molecule has 0 unspecified atom stereocenters. The van der Waals surface area contributed by atoms with Crippen molar-refractivity contribution in [3.63, 3.8) is 0 Å². The number of aromatic nitrogens is 1. The van der Waals surface area contributed by atoms with Gasteiger partial charge in [0, 0.05) is 21.2 Å². The number of carbonyl (C=O) groups excluding carboxylic acids is 2. The molecule has 1 saturated heterocycles. The topological polar surface area (TPSA) is 51.5 Å². The number of nitrogens with zero attached hydrogens (tertiary/aromatic N) is 2. The van der Waals surface area contributed by atoms with Crippen molar-refractivity contribution in [1.82, 2.24) is 9.47 Å². The van der Waals surface area contributed by atoms with Crippen LogP contribution in [0.2, 0.25) is 0 Å². The fourth-order valence-electron chi connectivity index (χ4n) is 4.47. The number of carbonyl (C=O) groups is 2. The van der Waals surface area contributed by atoms with E-state index in [1.807, 2.05) is 56.3 Å². The number of halogens is 1. The molecule has 0 N–H and O–H groups in total. The number of amides is 2. The average Bonchev–Trinajstić information content (AvgIpc) is 3.29. The first-order valence-corrected chi connectivity index (χ1v) is 13.3. The molecular weight excluding hydrogens is 536 g/mol. The molecule has 1 fully saturated rings. The Morgan fingerprint density at radius 3 is 2.42 bits per heavy atom. The quantitative estimate of drug-likeness (QED) is 0.230. The molecule has 5 nitrogen and oxygen atoms in total. The predicted octanol–water partition coefficient (Wildman–Crippen LogP) is 7.43. The molecule has 182 valence electrons. The molecule has 36 heavy (non-hydrogen) atoms. The zero-order valence-electron chi connectivity index (χ0n) is 20.2. The van der Waals surface area contributed by atoms with E-state index in [9.17, 15) is 9.59 Å². The molecule has 2 heterocycles. The van der Waals surface area contributed by atoms with Crippen LogP contribution in [-0.2, 0) is 4.79 Å². The van der Waals surface area contributed by atoms with E-state index in [1.165, 1.54) is 4.90 Å². The van der Waals surface area contributed by atoms with Crippen LogP contribution in [-0.4, -0.2) is 33.8 Å². The smallest absolute Gasteiger partial charge is 0.293 e. The summed E-state index contributed by atoms with van der Waals surface area (Å²) in [6.45, 7) is 6.55. The Bertz CT molecular complexity index is 1520. The third kappa shape index (κ3) is 4.61. The van der Waals surface area contributed by atoms with Crippen LogP contribution >= 0.6 is 27.7 Å². The van der Waals surface area contributed by atoms with E-state index in [0.29, 0.717) is 4.91 Å². The number of hydrogen-bond donors (Lipinski definition) is 0. The van der Waals surface area contributed by atoms with E-state index < -0.39 is 0 Å². The molecule has 5 rings (SSSR count). The molecule has 0 atom stereocenters.